The van der Waals surface area contributed by atoms with Gasteiger partial charge in [-0.25, -0.2) is 4.79 Å². The van der Waals surface area contributed by atoms with Crippen molar-refractivity contribution in [2.45, 2.75) is 0 Å². The second kappa shape index (κ2) is 4.59. The zero-order valence-corrected chi connectivity index (χ0v) is 10.3. The van der Waals surface area contributed by atoms with Crippen molar-refractivity contribution < 1.29 is 15.0 Å². The average molecular weight is 293 g/mol. The van der Waals surface area contributed by atoms with E-state index >= 15 is 0 Å². The molecule has 86 valence electrons. The first-order valence-corrected chi connectivity index (χ1v) is 5.69. The Labute approximate surface area is 106 Å². The van der Waals surface area contributed by atoms with Crippen molar-refractivity contribution in [3.63, 3.8) is 0 Å². The van der Waals surface area contributed by atoms with Crippen LogP contribution in [0.2, 0.25) is 0 Å². The second-order valence-electron chi connectivity index (χ2n) is 3.55. The van der Waals surface area contributed by atoms with Crippen LogP contribution in [0, 0.1) is 0 Å². The average Bonchev–Trinajstić information content (AvgIpc) is 2.33. The number of carbonyl (C=O) groups is 1. The number of hydrogen-bond acceptors (Lipinski definition) is 2. The summed E-state index contributed by atoms with van der Waals surface area (Å²) < 4.78 is 0.609. The molecule has 0 aliphatic heterocycles. The van der Waals surface area contributed by atoms with Gasteiger partial charge in [0.05, 0.1) is 10.0 Å². The third-order valence-corrected chi connectivity index (χ3v) is 3.05. The highest BCUT2D eigenvalue weighted by molar-refractivity contribution is 9.10. The molecule has 0 aromatic heterocycles. The minimum atomic E-state index is -0.941. The lowest BCUT2D eigenvalue weighted by atomic mass is 10.0. The van der Waals surface area contributed by atoms with E-state index in [0.717, 1.165) is 11.1 Å². The molecule has 4 heteroatoms. The number of carboxylic acid groups (broad SMARTS) is 1. The molecule has 2 aromatic carbocycles. The number of halogens is 1. The zero-order chi connectivity index (χ0) is 12.4. The lowest BCUT2D eigenvalue weighted by Gasteiger charge is -2.04. The van der Waals surface area contributed by atoms with Gasteiger partial charge in [0, 0.05) is 0 Å². The summed E-state index contributed by atoms with van der Waals surface area (Å²) in [5.74, 6) is -0.764. The van der Waals surface area contributed by atoms with Gasteiger partial charge in [-0.05, 0) is 51.3 Å². The number of aromatic carboxylic acids is 1. The molecule has 0 unspecified atom stereocenters. The summed E-state index contributed by atoms with van der Waals surface area (Å²) >= 11 is 3.24. The highest BCUT2D eigenvalue weighted by Crippen LogP contribution is 2.29. The van der Waals surface area contributed by atoms with E-state index < -0.39 is 5.97 Å². The largest absolute Gasteiger partial charge is 0.507 e. The predicted octanol–water partition coefficient (Wildman–Crippen LogP) is 3.52. The third kappa shape index (κ3) is 2.47. The first-order chi connectivity index (χ1) is 8.08. The maximum absolute atomic E-state index is 10.7. The molecule has 0 radical (unpaired) electrons. The number of hydrogen-bond donors (Lipinski definition) is 2. The summed E-state index contributed by atoms with van der Waals surface area (Å²) in [5, 5.41) is 18.2. The van der Waals surface area contributed by atoms with Gasteiger partial charge in [0.25, 0.3) is 0 Å². The van der Waals surface area contributed by atoms with Crippen LogP contribution < -0.4 is 0 Å². The van der Waals surface area contributed by atoms with Gasteiger partial charge in [-0.3, -0.25) is 0 Å². The highest BCUT2D eigenvalue weighted by atomic mass is 79.9. The molecular formula is C13H9BrO3. The molecule has 0 saturated carbocycles. The lowest BCUT2D eigenvalue weighted by Crippen LogP contribution is -1.94. The summed E-state index contributed by atoms with van der Waals surface area (Å²) in [5.41, 5.74) is 2.06. The van der Waals surface area contributed by atoms with Gasteiger partial charge >= 0.3 is 5.97 Å². The molecule has 2 rings (SSSR count). The molecular weight excluding hydrogens is 284 g/mol. The van der Waals surface area contributed by atoms with E-state index in [1.54, 1.807) is 42.5 Å². The monoisotopic (exact) mass is 292 g/mol. The second-order valence-corrected chi connectivity index (χ2v) is 4.40. The van der Waals surface area contributed by atoms with E-state index in [1.807, 2.05) is 0 Å². The van der Waals surface area contributed by atoms with E-state index in [4.69, 9.17) is 5.11 Å². The zero-order valence-electron chi connectivity index (χ0n) is 8.72. The first-order valence-electron chi connectivity index (χ1n) is 4.90. The van der Waals surface area contributed by atoms with Crippen LogP contribution in [0.3, 0.4) is 0 Å². The number of benzene rings is 2. The summed E-state index contributed by atoms with van der Waals surface area (Å²) in [6, 6.07) is 11.7. The summed E-state index contributed by atoms with van der Waals surface area (Å²) in [7, 11) is 0. The fourth-order valence-corrected chi connectivity index (χ4v) is 1.87. The quantitative estimate of drug-likeness (QED) is 0.890. The molecule has 0 saturated heterocycles. The Morgan fingerprint density at radius 1 is 1.00 bits per heavy atom. The molecule has 0 spiro atoms. The Morgan fingerprint density at radius 3 is 2.12 bits per heavy atom. The van der Waals surface area contributed by atoms with Crippen molar-refractivity contribution >= 4 is 21.9 Å². The van der Waals surface area contributed by atoms with Crippen molar-refractivity contribution in [2.75, 3.05) is 0 Å². The minimum Gasteiger partial charge on any atom is -0.507 e. The van der Waals surface area contributed by atoms with E-state index in [1.165, 1.54) is 0 Å². The molecule has 0 aliphatic rings. The molecule has 0 atom stereocenters. The summed E-state index contributed by atoms with van der Waals surface area (Å²) in [6.45, 7) is 0. The molecule has 3 nitrogen and oxygen atoms in total. The molecule has 0 amide bonds. The Bertz CT molecular complexity index is 561. The van der Waals surface area contributed by atoms with Crippen molar-refractivity contribution in [1.82, 2.24) is 0 Å². The van der Waals surface area contributed by atoms with Crippen molar-refractivity contribution in [1.29, 1.82) is 0 Å². The molecule has 0 bridgehead atoms. The predicted molar refractivity (Wildman–Crippen MR) is 68.2 cm³/mol. The fourth-order valence-electron chi connectivity index (χ4n) is 1.49. The van der Waals surface area contributed by atoms with Gasteiger partial charge < -0.3 is 10.2 Å². The van der Waals surface area contributed by atoms with Crippen LogP contribution in [-0.2, 0) is 0 Å². The van der Waals surface area contributed by atoms with Crippen molar-refractivity contribution in [3.8, 4) is 16.9 Å². The third-order valence-electron chi connectivity index (χ3n) is 2.41. The van der Waals surface area contributed by atoms with Gasteiger partial charge in [-0.2, -0.15) is 0 Å². The van der Waals surface area contributed by atoms with E-state index in [2.05, 4.69) is 15.9 Å². The topological polar surface area (TPSA) is 57.5 Å². The van der Waals surface area contributed by atoms with Crippen LogP contribution in [0.25, 0.3) is 11.1 Å². The molecule has 0 heterocycles. The molecule has 0 fully saturated rings. The Hall–Kier alpha value is -1.81. The Morgan fingerprint density at radius 2 is 1.59 bits per heavy atom. The number of phenols is 1. The van der Waals surface area contributed by atoms with Crippen LogP contribution in [0.1, 0.15) is 10.4 Å². The Kier molecular flexibility index (Phi) is 3.15. The first kappa shape index (κ1) is 11.7. The standard InChI is InChI=1S/C13H9BrO3/c14-11-7-10(5-6-12(11)15)8-1-3-9(4-2-8)13(16)17/h1-7,15H,(H,16,17). The molecule has 2 N–H and O–H groups in total. The molecule has 0 aliphatic carbocycles. The van der Waals surface area contributed by atoms with Gasteiger partial charge in [0.1, 0.15) is 5.75 Å². The normalized spacial score (nSPS) is 10.2. The van der Waals surface area contributed by atoms with Gasteiger partial charge in [0.15, 0.2) is 0 Å². The lowest BCUT2D eigenvalue weighted by molar-refractivity contribution is 0.0697. The minimum absolute atomic E-state index is 0.177. The Balaban J connectivity index is 2.39. The van der Waals surface area contributed by atoms with E-state index in [-0.39, 0.29) is 11.3 Å². The number of phenolic OH excluding ortho intramolecular Hbond substituents is 1. The number of rotatable bonds is 2. The summed E-state index contributed by atoms with van der Waals surface area (Å²) in [6.07, 6.45) is 0. The van der Waals surface area contributed by atoms with Gasteiger partial charge in [-0.1, -0.05) is 18.2 Å². The smallest absolute Gasteiger partial charge is 0.335 e. The highest BCUT2D eigenvalue weighted by Gasteiger charge is 2.04. The molecule has 2 aromatic rings. The van der Waals surface area contributed by atoms with Crippen molar-refractivity contribution in [2.24, 2.45) is 0 Å². The summed E-state index contributed by atoms with van der Waals surface area (Å²) in [4.78, 5) is 10.7. The van der Waals surface area contributed by atoms with Crippen LogP contribution in [-0.4, -0.2) is 16.2 Å². The number of carboxylic acids is 1. The van der Waals surface area contributed by atoms with Gasteiger partial charge in [-0.15, -0.1) is 0 Å². The van der Waals surface area contributed by atoms with Crippen LogP contribution in [0.5, 0.6) is 5.75 Å². The maximum atomic E-state index is 10.7. The number of aromatic hydroxyl groups is 1. The van der Waals surface area contributed by atoms with Crippen LogP contribution in [0.15, 0.2) is 46.9 Å². The maximum Gasteiger partial charge on any atom is 0.335 e. The van der Waals surface area contributed by atoms with E-state index in [9.17, 15) is 9.90 Å². The fraction of sp³-hybridized carbons (Fsp3) is 0. The van der Waals surface area contributed by atoms with E-state index in [0.29, 0.717) is 4.47 Å². The molecule has 17 heavy (non-hydrogen) atoms. The van der Waals surface area contributed by atoms with Crippen LogP contribution in [0.4, 0.5) is 0 Å². The SMILES string of the molecule is O=C(O)c1ccc(-c2ccc(O)c(Br)c2)cc1. The van der Waals surface area contributed by atoms with Gasteiger partial charge in [0.2, 0.25) is 0 Å². The van der Waals surface area contributed by atoms with Crippen LogP contribution >= 0.6 is 15.9 Å². The van der Waals surface area contributed by atoms with Crippen molar-refractivity contribution in [3.05, 3.63) is 52.5 Å².